The number of hydrogen-bond acceptors (Lipinski definition) is 3. The van der Waals surface area contributed by atoms with Crippen LogP contribution < -0.4 is 11.2 Å². The molecule has 0 aliphatic rings. The molecule has 1 N–H and O–H groups in total. The number of rotatable bonds is 0. The Bertz CT molecular complexity index is 279. The maximum atomic E-state index is 10.4. The maximum Gasteiger partial charge on any atom is 0.347 e. The molecule has 0 bridgehead atoms. The summed E-state index contributed by atoms with van der Waals surface area (Å²) in [6.07, 6.45) is 1.26. The van der Waals surface area contributed by atoms with Crippen molar-refractivity contribution in [2.24, 2.45) is 0 Å². The van der Waals surface area contributed by atoms with E-state index in [1.165, 1.54) is 18.3 Å². The SMILES string of the molecule is Cl.O=c1cccnc(=O)[nH]1. The second kappa shape index (κ2) is 3.79. The molecule has 0 saturated carbocycles. The molecule has 0 aliphatic heterocycles. The van der Waals surface area contributed by atoms with Crippen LogP contribution in [0.5, 0.6) is 0 Å². The fourth-order valence-corrected chi connectivity index (χ4v) is 0.420. The molecule has 10 heavy (non-hydrogen) atoms. The lowest BCUT2D eigenvalue weighted by Crippen LogP contribution is -2.14. The van der Waals surface area contributed by atoms with Crippen LogP contribution in [-0.2, 0) is 0 Å². The van der Waals surface area contributed by atoms with Gasteiger partial charge in [-0.15, -0.1) is 12.4 Å². The van der Waals surface area contributed by atoms with Gasteiger partial charge >= 0.3 is 5.69 Å². The third kappa shape index (κ3) is 2.41. The van der Waals surface area contributed by atoms with E-state index in [0.717, 1.165) is 0 Å². The molecule has 0 atom stereocenters. The summed E-state index contributed by atoms with van der Waals surface area (Å²) in [7, 11) is 0. The van der Waals surface area contributed by atoms with Crippen molar-refractivity contribution in [3.63, 3.8) is 0 Å². The molecular weight excluding hydrogens is 156 g/mol. The molecule has 0 aliphatic carbocycles. The zero-order valence-corrected chi connectivity index (χ0v) is 5.72. The number of aromatic amines is 1. The minimum atomic E-state index is -0.620. The van der Waals surface area contributed by atoms with E-state index in [1.54, 1.807) is 0 Å². The first kappa shape index (κ1) is 8.84. The Labute approximate surface area is 62.4 Å². The average molecular weight is 161 g/mol. The van der Waals surface area contributed by atoms with Crippen LogP contribution >= 0.6 is 12.4 Å². The van der Waals surface area contributed by atoms with E-state index in [0.29, 0.717) is 0 Å². The minimum Gasteiger partial charge on any atom is -0.273 e. The van der Waals surface area contributed by atoms with E-state index in [4.69, 9.17) is 0 Å². The van der Waals surface area contributed by atoms with Gasteiger partial charge in [0, 0.05) is 12.3 Å². The summed E-state index contributed by atoms with van der Waals surface area (Å²) in [5.74, 6) is 0. The van der Waals surface area contributed by atoms with Crippen molar-refractivity contribution in [2.75, 3.05) is 0 Å². The van der Waals surface area contributed by atoms with Crippen molar-refractivity contribution in [1.29, 1.82) is 0 Å². The highest BCUT2D eigenvalue weighted by molar-refractivity contribution is 5.85. The fraction of sp³-hybridized carbons (Fsp3) is 0. The Balaban J connectivity index is 0.000000810. The molecule has 5 heteroatoms. The Morgan fingerprint density at radius 2 is 2.10 bits per heavy atom. The van der Waals surface area contributed by atoms with Crippen LogP contribution in [-0.4, -0.2) is 9.97 Å². The van der Waals surface area contributed by atoms with Crippen LogP contribution in [0.15, 0.2) is 27.9 Å². The first-order chi connectivity index (χ1) is 4.29. The first-order valence-electron chi connectivity index (χ1n) is 2.35. The van der Waals surface area contributed by atoms with Gasteiger partial charge in [0.1, 0.15) is 0 Å². The number of nitrogens with one attached hydrogen (secondary N) is 1. The Morgan fingerprint density at radius 1 is 1.40 bits per heavy atom. The molecule has 1 aromatic rings. The lowest BCUT2D eigenvalue weighted by Gasteiger charge is -1.61. The third-order valence-electron chi connectivity index (χ3n) is 0.756. The topological polar surface area (TPSA) is 62.8 Å². The molecule has 4 nitrogen and oxygen atoms in total. The highest BCUT2D eigenvalue weighted by Gasteiger charge is 1.78. The molecule has 1 aromatic heterocycles. The summed E-state index contributed by atoms with van der Waals surface area (Å²) in [5.41, 5.74) is -1.05. The monoisotopic (exact) mass is 160 g/mol. The van der Waals surface area contributed by atoms with E-state index in [1.807, 2.05) is 4.98 Å². The van der Waals surface area contributed by atoms with Gasteiger partial charge in [0.15, 0.2) is 0 Å². The van der Waals surface area contributed by atoms with Crippen LogP contribution in [0.4, 0.5) is 0 Å². The summed E-state index contributed by atoms with van der Waals surface area (Å²) in [5, 5.41) is 0. The van der Waals surface area contributed by atoms with Crippen molar-refractivity contribution in [3.05, 3.63) is 39.2 Å². The molecule has 1 rings (SSSR count). The smallest absolute Gasteiger partial charge is 0.273 e. The van der Waals surface area contributed by atoms with Crippen LogP contribution in [0.2, 0.25) is 0 Å². The molecule has 1 heterocycles. The van der Waals surface area contributed by atoms with Gasteiger partial charge < -0.3 is 0 Å². The number of H-pyrrole nitrogens is 1. The summed E-state index contributed by atoms with van der Waals surface area (Å²) in [6, 6.07) is 2.63. The van der Waals surface area contributed by atoms with Gasteiger partial charge in [-0.1, -0.05) is 0 Å². The molecular formula is C5H5ClN2O2. The van der Waals surface area contributed by atoms with E-state index < -0.39 is 11.2 Å². The predicted molar refractivity (Wildman–Crippen MR) is 38.4 cm³/mol. The molecule has 0 spiro atoms. The van der Waals surface area contributed by atoms with Gasteiger partial charge in [0.05, 0.1) is 0 Å². The summed E-state index contributed by atoms with van der Waals surface area (Å²) in [6.45, 7) is 0. The number of nitrogens with zero attached hydrogens (tertiary/aromatic N) is 1. The zero-order chi connectivity index (χ0) is 6.69. The van der Waals surface area contributed by atoms with Crippen molar-refractivity contribution in [2.45, 2.75) is 0 Å². The highest BCUT2D eigenvalue weighted by atomic mass is 35.5. The Hall–Kier alpha value is -1.16. The molecule has 0 amide bonds. The fourth-order valence-electron chi connectivity index (χ4n) is 0.420. The van der Waals surface area contributed by atoms with Crippen molar-refractivity contribution in [1.82, 2.24) is 9.97 Å². The summed E-state index contributed by atoms with van der Waals surface area (Å²) in [4.78, 5) is 26.0. The van der Waals surface area contributed by atoms with E-state index in [-0.39, 0.29) is 12.4 Å². The van der Waals surface area contributed by atoms with Gasteiger partial charge in [-0.05, 0) is 6.07 Å². The molecule has 0 fully saturated rings. The van der Waals surface area contributed by atoms with E-state index in [9.17, 15) is 9.59 Å². The largest absolute Gasteiger partial charge is 0.347 e. The van der Waals surface area contributed by atoms with Crippen LogP contribution in [0.3, 0.4) is 0 Å². The third-order valence-corrected chi connectivity index (χ3v) is 0.756. The second-order valence-electron chi connectivity index (χ2n) is 1.43. The quantitative estimate of drug-likeness (QED) is 0.559. The molecule has 54 valence electrons. The average Bonchev–Trinajstić information content (AvgIpc) is 1.93. The number of halogens is 1. The number of hydrogen-bond donors (Lipinski definition) is 1. The maximum absolute atomic E-state index is 10.4. The van der Waals surface area contributed by atoms with Gasteiger partial charge in [-0.3, -0.25) is 9.78 Å². The molecule has 0 aromatic carbocycles. The van der Waals surface area contributed by atoms with E-state index >= 15 is 0 Å². The van der Waals surface area contributed by atoms with Crippen molar-refractivity contribution >= 4 is 12.4 Å². The standard InChI is InChI=1S/C5H4N2O2.ClH/c8-4-2-1-3-6-5(9)7-4;/h1-3H,(H,7,8,9);1H. The molecule has 0 unspecified atom stereocenters. The van der Waals surface area contributed by atoms with Crippen LogP contribution in [0, 0.1) is 0 Å². The second-order valence-corrected chi connectivity index (χ2v) is 1.43. The Morgan fingerprint density at radius 3 is 2.80 bits per heavy atom. The van der Waals surface area contributed by atoms with Gasteiger partial charge in [-0.25, -0.2) is 9.78 Å². The lowest BCUT2D eigenvalue weighted by molar-refractivity contribution is 1.09. The van der Waals surface area contributed by atoms with Crippen LogP contribution in [0.25, 0.3) is 0 Å². The Kier molecular flexibility index (Phi) is 3.35. The van der Waals surface area contributed by atoms with Gasteiger partial charge in [0.2, 0.25) is 0 Å². The lowest BCUT2D eigenvalue weighted by atomic mass is 10.6. The predicted octanol–water partition coefficient (Wildman–Crippen LogP) is -0.448. The normalized spacial score (nSPS) is 8.00. The zero-order valence-electron chi connectivity index (χ0n) is 4.90. The van der Waals surface area contributed by atoms with E-state index in [2.05, 4.69) is 4.98 Å². The molecule has 0 radical (unpaired) electrons. The summed E-state index contributed by atoms with van der Waals surface area (Å²) < 4.78 is 0. The van der Waals surface area contributed by atoms with Crippen molar-refractivity contribution < 1.29 is 0 Å². The summed E-state index contributed by atoms with van der Waals surface area (Å²) >= 11 is 0. The minimum absolute atomic E-state index is 0. The molecule has 0 saturated heterocycles. The van der Waals surface area contributed by atoms with Gasteiger partial charge in [-0.2, -0.15) is 0 Å². The van der Waals surface area contributed by atoms with Gasteiger partial charge in [0.25, 0.3) is 5.56 Å². The van der Waals surface area contributed by atoms with Crippen LogP contribution in [0.1, 0.15) is 0 Å². The highest BCUT2D eigenvalue weighted by Crippen LogP contribution is 1.58. The first-order valence-corrected chi connectivity index (χ1v) is 2.35. The van der Waals surface area contributed by atoms with Crippen molar-refractivity contribution in [3.8, 4) is 0 Å². The number of aromatic nitrogens is 2.